The van der Waals surface area contributed by atoms with Crippen LogP contribution in [-0.4, -0.2) is 12.1 Å². The van der Waals surface area contributed by atoms with Crippen LogP contribution in [0.25, 0.3) is 0 Å². The fourth-order valence-electron chi connectivity index (χ4n) is 9.15. The summed E-state index contributed by atoms with van der Waals surface area (Å²) in [5, 5.41) is 0. The van der Waals surface area contributed by atoms with Crippen molar-refractivity contribution >= 4 is 5.97 Å². The van der Waals surface area contributed by atoms with Crippen LogP contribution < -0.4 is 0 Å². The highest BCUT2D eigenvalue weighted by Gasteiger charge is 2.59. The zero-order chi connectivity index (χ0) is 24.0. The fourth-order valence-corrected chi connectivity index (χ4v) is 9.15. The molecule has 2 nitrogen and oxygen atoms in total. The molecule has 0 aromatic rings. The van der Waals surface area contributed by atoms with Crippen molar-refractivity contribution in [3.8, 4) is 0 Å². The van der Waals surface area contributed by atoms with Gasteiger partial charge in [-0.15, -0.1) is 0 Å². The molecule has 186 valence electrons. The second-order valence-corrected chi connectivity index (χ2v) is 13.0. The molecule has 9 atom stereocenters. The molecule has 4 aliphatic carbocycles. The molecular weight excluding hydrogens is 404 g/mol. The lowest BCUT2D eigenvalue weighted by Crippen LogP contribution is -2.51. The topological polar surface area (TPSA) is 26.3 Å². The van der Waals surface area contributed by atoms with Crippen LogP contribution >= 0.6 is 0 Å². The van der Waals surface area contributed by atoms with Crippen LogP contribution in [0.15, 0.2) is 23.8 Å². The van der Waals surface area contributed by atoms with Gasteiger partial charge in [0.1, 0.15) is 6.10 Å². The van der Waals surface area contributed by atoms with Gasteiger partial charge in [-0.2, -0.15) is 0 Å². The molecule has 2 heteroatoms. The van der Waals surface area contributed by atoms with E-state index in [1.54, 1.807) is 12.5 Å². The van der Waals surface area contributed by atoms with Crippen molar-refractivity contribution in [2.24, 2.45) is 52.3 Å². The molecule has 0 saturated heterocycles. The van der Waals surface area contributed by atoms with Crippen molar-refractivity contribution in [2.45, 2.75) is 112 Å². The van der Waals surface area contributed by atoms with E-state index in [0.717, 1.165) is 48.3 Å². The Labute approximate surface area is 204 Å². The Kier molecular flexibility index (Phi) is 7.24. The second kappa shape index (κ2) is 9.54. The number of allylic oxidation sites excluding steroid dienone is 3. The van der Waals surface area contributed by atoms with E-state index in [1.165, 1.54) is 44.9 Å². The maximum absolute atomic E-state index is 11.5. The van der Waals surface area contributed by atoms with Crippen molar-refractivity contribution in [1.29, 1.82) is 0 Å². The van der Waals surface area contributed by atoms with Crippen LogP contribution in [0.3, 0.4) is 0 Å². The van der Waals surface area contributed by atoms with Gasteiger partial charge in [0.2, 0.25) is 0 Å². The first kappa shape index (κ1) is 25.1. The van der Waals surface area contributed by atoms with Gasteiger partial charge in [0, 0.05) is 13.3 Å². The number of hydrogen-bond acceptors (Lipinski definition) is 2. The van der Waals surface area contributed by atoms with E-state index < -0.39 is 0 Å². The number of hydrogen-bond donors (Lipinski definition) is 0. The predicted octanol–water partition coefficient (Wildman–Crippen LogP) is 8.37. The first-order chi connectivity index (χ1) is 15.6. The van der Waals surface area contributed by atoms with E-state index in [-0.39, 0.29) is 12.1 Å². The Morgan fingerprint density at radius 1 is 1.09 bits per heavy atom. The zero-order valence-electron chi connectivity index (χ0n) is 22.5. The molecule has 0 aliphatic heterocycles. The highest BCUT2D eigenvalue weighted by Crippen LogP contribution is 2.67. The molecule has 0 N–H and O–H groups in total. The van der Waals surface area contributed by atoms with Crippen molar-refractivity contribution in [3.05, 3.63) is 23.8 Å². The maximum atomic E-state index is 11.5. The summed E-state index contributed by atoms with van der Waals surface area (Å²) in [7, 11) is 0. The summed E-state index contributed by atoms with van der Waals surface area (Å²) in [6.07, 6.45) is 19.2. The number of rotatable bonds is 6. The van der Waals surface area contributed by atoms with Gasteiger partial charge in [0.15, 0.2) is 0 Å². The molecule has 0 aromatic carbocycles. The van der Waals surface area contributed by atoms with Crippen LogP contribution in [-0.2, 0) is 9.53 Å². The van der Waals surface area contributed by atoms with Gasteiger partial charge in [-0.1, -0.05) is 65.3 Å². The van der Waals surface area contributed by atoms with Gasteiger partial charge in [-0.25, -0.2) is 0 Å². The van der Waals surface area contributed by atoms with Crippen LogP contribution in [0.2, 0.25) is 0 Å². The Balaban J connectivity index is 1.49. The molecule has 3 fully saturated rings. The number of esters is 1. The van der Waals surface area contributed by atoms with Crippen LogP contribution in [0.1, 0.15) is 106 Å². The van der Waals surface area contributed by atoms with Gasteiger partial charge in [0.25, 0.3) is 0 Å². The number of fused-ring (bicyclic) bond motifs is 5. The molecule has 0 spiro atoms. The van der Waals surface area contributed by atoms with E-state index in [9.17, 15) is 4.79 Å². The average Bonchev–Trinajstić information content (AvgIpc) is 3.11. The lowest BCUT2D eigenvalue weighted by atomic mass is 9.47. The van der Waals surface area contributed by atoms with Gasteiger partial charge >= 0.3 is 5.97 Å². The third-order valence-electron chi connectivity index (χ3n) is 11.1. The van der Waals surface area contributed by atoms with Gasteiger partial charge < -0.3 is 4.74 Å². The van der Waals surface area contributed by atoms with E-state index in [2.05, 4.69) is 59.8 Å². The second-order valence-electron chi connectivity index (χ2n) is 13.0. The molecule has 0 bridgehead atoms. The largest absolute Gasteiger partial charge is 0.462 e. The third kappa shape index (κ3) is 4.50. The molecule has 33 heavy (non-hydrogen) atoms. The normalized spacial score (nSPS) is 42.3. The molecule has 0 aromatic heterocycles. The lowest BCUT2D eigenvalue weighted by molar-refractivity contribution is -0.148. The molecule has 0 amide bonds. The van der Waals surface area contributed by atoms with Gasteiger partial charge in [-0.05, 0) is 104 Å². The minimum Gasteiger partial charge on any atom is -0.462 e. The standard InChI is InChI=1S/C31H50O2/c1-8-23(20(2)3)10-9-21(4)27-13-14-28-26-12-11-24-19-25(33-22(5)32)15-17-30(24,6)29(26)16-18-31(27,28)7/h9-11,20-21,23,25-29H,8,12-19H2,1-7H3/b10-9+/t21-,23-,25+,26+,27-,28+,29-,30+,31-/m1/s1. The molecule has 0 heterocycles. The summed E-state index contributed by atoms with van der Waals surface area (Å²) < 4.78 is 5.62. The molecule has 4 aliphatic rings. The summed E-state index contributed by atoms with van der Waals surface area (Å²) in [4.78, 5) is 11.5. The minimum atomic E-state index is -0.120. The van der Waals surface area contributed by atoms with E-state index in [0.29, 0.717) is 16.7 Å². The molecular formula is C31H50O2. The highest BCUT2D eigenvalue weighted by molar-refractivity contribution is 5.66. The van der Waals surface area contributed by atoms with E-state index >= 15 is 0 Å². The first-order valence-electron chi connectivity index (χ1n) is 14.1. The van der Waals surface area contributed by atoms with Crippen LogP contribution in [0, 0.1) is 52.3 Å². The molecule has 3 saturated carbocycles. The van der Waals surface area contributed by atoms with Gasteiger partial charge in [-0.3, -0.25) is 4.79 Å². The van der Waals surface area contributed by atoms with Gasteiger partial charge in [0.05, 0.1) is 0 Å². The summed E-state index contributed by atoms with van der Waals surface area (Å²) in [6.45, 7) is 16.3. The minimum absolute atomic E-state index is 0.105. The quantitative estimate of drug-likeness (QED) is 0.297. The maximum Gasteiger partial charge on any atom is 0.302 e. The van der Waals surface area contributed by atoms with Crippen molar-refractivity contribution in [3.63, 3.8) is 0 Å². The summed E-state index contributed by atoms with van der Waals surface area (Å²) in [5.41, 5.74) is 2.44. The Morgan fingerprint density at radius 3 is 2.52 bits per heavy atom. The Morgan fingerprint density at radius 2 is 1.85 bits per heavy atom. The smallest absolute Gasteiger partial charge is 0.302 e. The SMILES string of the molecule is CC[C@H](/C=C/[C@@H](C)[C@H]1CC[C@H]2[C@@H]3CC=C4C[C@@H](OC(C)=O)CC[C@]4(C)[C@@H]3CC[C@]12C)C(C)C. The van der Waals surface area contributed by atoms with Crippen LogP contribution in [0.5, 0.6) is 0 Å². The monoisotopic (exact) mass is 454 g/mol. The van der Waals surface area contributed by atoms with Crippen molar-refractivity contribution in [2.75, 3.05) is 0 Å². The van der Waals surface area contributed by atoms with E-state index in [1.807, 2.05) is 0 Å². The summed E-state index contributed by atoms with van der Waals surface area (Å²) in [6, 6.07) is 0. The predicted molar refractivity (Wildman–Crippen MR) is 138 cm³/mol. The number of ether oxygens (including phenoxy) is 1. The first-order valence-corrected chi connectivity index (χ1v) is 14.1. The Hall–Kier alpha value is -1.05. The molecule has 0 unspecified atom stereocenters. The van der Waals surface area contributed by atoms with E-state index in [4.69, 9.17) is 4.74 Å². The molecule has 0 radical (unpaired) electrons. The van der Waals surface area contributed by atoms with Crippen molar-refractivity contribution < 1.29 is 9.53 Å². The molecule has 4 rings (SSSR count). The lowest BCUT2D eigenvalue weighted by Gasteiger charge is -2.58. The highest BCUT2D eigenvalue weighted by atomic mass is 16.5. The Bertz CT molecular complexity index is 778. The number of carbonyl (C=O) groups excluding carboxylic acids is 1. The average molecular weight is 455 g/mol. The fraction of sp³-hybridized carbons (Fsp3) is 0.839. The van der Waals surface area contributed by atoms with Crippen molar-refractivity contribution in [1.82, 2.24) is 0 Å². The zero-order valence-corrected chi connectivity index (χ0v) is 22.5. The summed E-state index contributed by atoms with van der Waals surface area (Å²) >= 11 is 0. The summed E-state index contributed by atoms with van der Waals surface area (Å²) in [5.74, 6) is 5.41. The number of carbonyl (C=O) groups is 1. The van der Waals surface area contributed by atoms with Crippen LogP contribution in [0.4, 0.5) is 0 Å². The third-order valence-corrected chi connectivity index (χ3v) is 11.1.